The summed E-state index contributed by atoms with van der Waals surface area (Å²) in [4.78, 5) is 13.0. The van der Waals surface area contributed by atoms with E-state index < -0.39 is 6.10 Å². The summed E-state index contributed by atoms with van der Waals surface area (Å²) in [5.41, 5.74) is 1.19. The molecule has 0 saturated carbocycles. The molecule has 17 heavy (non-hydrogen) atoms. The predicted octanol–water partition coefficient (Wildman–Crippen LogP) is 0.173. The van der Waals surface area contributed by atoms with E-state index in [-0.39, 0.29) is 24.3 Å². The SMILES string of the molecule is O=C(NCC(O)CO)C1Cc2ccccc2S1. The maximum Gasteiger partial charge on any atom is 0.233 e. The minimum Gasteiger partial charge on any atom is -0.394 e. The predicted molar refractivity (Wildman–Crippen MR) is 65.9 cm³/mol. The van der Waals surface area contributed by atoms with Crippen molar-refractivity contribution >= 4 is 17.7 Å². The van der Waals surface area contributed by atoms with Gasteiger partial charge in [0, 0.05) is 11.4 Å². The molecule has 2 atom stereocenters. The Kier molecular flexibility index (Phi) is 4.04. The molecule has 2 unspecified atom stereocenters. The minimum absolute atomic E-state index is 0.0845. The van der Waals surface area contributed by atoms with Gasteiger partial charge in [-0.1, -0.05) is 18.2 Å². The van der Waals surface area contributed by atoms with Gasteiger partial charge in [0.05, 0.1) is 18.0 Å². The Morgan fingerprint density at radius 1 is 1.53 bits per heavy atom. The zero-order valence-electron chi connectivity index (χ0n) is 9.30. The van der Waals surface area contributed by atoms with Gasteiger partial charge in [-0.15, -0.1) is 11.8 Å². The van der Waals surface area contributed by atoms with Crippen LogP contribution < -0.4 is 5.32 Å². The first kappa shape index (κ1) is 12.4. The standard InChI is InChI=1S/C12H15NO3S/c14-7-9(15)6-13-12(16)11-5-8-3-1-2-4-10(8)17-11/h1-4,9,11,14-15H,5-7H2,(H,13,16). The van der Waals surface area contributed by atoms with E-state index in [2.05, 4.69) is 5.32 Å². The monoisotopic (exact) mass is 253 g/mol. The van der Waals surface area contributed by atoms with Gasteiger partial charge in [0.15, 0.2) is 0 Å². The minimum atomic E-state index is -0.882. The Balaban J connectivity index is 1.88. The van der Waals surface area contributed by atoms with E-state index in [1.165, 1.54) is 5.56 Å². The van der Waals surface area contributed by atoms with Crippen molar-refractivity contribution in [3.8, 4) is 0 Å². The van der Waals surface area contributed by atoms with Crippen molar-refractivity contribution in [2.75, 3.05) is 13.2 Å². The number of benzene rings is 1. The molecule has 92 valence electrons. The van der Waals surface area contributed by atoms with Crippen LogP contribution in [0.15, 0.2) is 29.2 Å². The zero-order chi connectivity index (χ0) is 12.3. The number of nitrogens with one attached hydrogen (secondary N) is 1. The fourth-order valence-electron chi connectivity index (χ4n) is 1.73. The summed E-state index contributed by atoms with van der Waals surface area (Å²) < 4.78 is 0. The zero-order valence-corrected chi connectivity index (χ0v) is 10.1. The van der Waals surface area contributed by atoms with E-state index in [9.17, 15) is 4.79 Å². The second-order valence-electron chi connectivity index (χ2n) is 4.00. The third-order valence-corrected chi connectivity index (χ3v) is 3.98. The smallest absolute Gasteiger partial charge is 0.233 e. The van der Waals surface area contributed by atoms with Gasteiger partial charge in [0.1, 0.15) is 0 Å². The number of carbonyl (C=O) groups excluding carboxylic acids is 1. The van der Waals surface area contributed by atoms with E-state index >= 15 is 0 Å². The van der Waals surface area contributed by atoms with Crippen molar-refractivity contribution in [2.45, 2.75) is 22.7 Å². The van der Waals surface area contributed by atoms with Gasteiger partial charge >= 0.3 is 0 Å². The Morgan fingerprint density at radius 2 is 2.29 bits per heavy atom. The molecule has 1 amide bonds. The largest absolute Gasteiger partial charge is 0.394 e. The van der Waals surface area contributed by atoms with Crippen molar-refractivity contribution < 1.29 is 15.0 Å². The Labute approximate surface area is 104 Å². The van der Waals surface area contributed by atoms with Crippen LogP contribution in [0, 0.1) is 0 Å². The topological polar surface area (TPSA) is 69.6 Å². The average molecular weight is 253 g/mol. The first-order valence-corrected chi connectivity index (χ1v) is 6.40. The molecule has 1 aliphatic heterocycles. The molecule has 0 fully saturated rings. The van der Waals surface area contributed by atoms with Crippen molar-refractivity contribution in [1.29, 1.82) is 0 Å². The molecular weight excluding hydrogens is 238 g/mol. The Hall–Kier alpha value is -1.04. The first-order valence-electron chi connectivity index (χ1n) is 5.52. The first-order chi connectivity index (χ1) is 8.20. The van der Waals surface area contributed by atoms with Crippen molar-refractivity contribution in [1.82, 2.24) is 5.32 Å². The molecule has 2 rings (SSSR count). The van der Waals surface area contributed by atoms with Crippen LogP contribution in [0.3, 0.4) is 0 Å². The fraction of sp³-hybridized carbons (Fsp3) is 0.417. The summed E-state index contributed by atoms with van der Waals surface area (Å²) in [6.07, 6.45) is -0.158. The number of hydrogen-bond acceptors (Lipinski definition) is 4. The van der Waals surface area contributed by atoms with Crippen molar-refractivity contribution in [2.24, 2.45) is 0 Å². The number of fused-ring (bicyclic) bond motifs is 1. The fourth-order valence-corrected chi connectivity index (χ4v) is 2.94. The highest BCUT2D eigenvalue weighted by molar-refractivity contribution is 8.01. The molecular formula is C12H15NO3S. The third kappa shape index (κ3) is 3.00. The highest BCUT2D eigenvalue weighted by Gasteiger charge is 2.27. The quantitative estimate of drug-likeness (QED) is 0.715. The summed E-state index contributed by atoms with van der Waals surface area (Å²) in [7, 11) is 0. The third-order valence-electron chi connectivity index (χ3n) is 2.66. The maximum absolute atomic E-state index is 11.8. The van der Waals surface area contributed by atoms with E-state index in [4.69, 9.17) is 10.2 Å². The van der Waals surface area contributed by atoms with Crippen LogP contribution in [-0.2, 0) is 11.2 Å². The van der Waals surface area contributed by atoms with Crippen LogP contribution in [0.1, 0.15) is 5.56 Å². The molecule has 0 bridgehead atoms. The van der Waals surface area contributed by atoms with Gasteiger partial charge in [0.25, 0.3) is 0 Å². The number of rotatable bonds is 4. The Bertz CT molecular complexity index is 385. The molecule has 0 spiro atoms. The average Bonchev–Trinajstić information content (AvgIpc) is 2.79. The van der Waals surface area contributed by atoms with Crippen LogP contribution in [0.5, 0.6) is 0 Å². The summed E-state index contributed by atoms with van der Waals surface area (Å²) >= 11 is 1.55. The van der Waals surface area contributed by atoms with Crippen LogP contribution in [-0.4, -0.2) is 40.6 Å². The van der Waals surface area contributed by atoms with Gasteiger partial charge in [0.2, 0.25) is 5.91 Å². The second kappa shape index (κ2) is 5.53. The number of hydrogen-bond donors (Lipinski definition) is 3. The van der Waals surface area contributed by atoms with Gasteiger partial charge in [-0.05, 0) is 18.1 Å². The molecule has 1 aromatic rings. The molecule has 1 aliphatic rings. The van der Waals surface area contributed by atoms with Gasteiger partial charge in [-0.25, -0.2) is 0 Å². The highest BCUT2D eigenvalue weighted by atomic mass is 32.2. The molecule has 4 nitrogen and oxygen atoms in total. The number of amides is 1. The summed E-state index contributed by atoms with van der Waals surface area (Å²) in [5.74, 6) is -0.0845. The van der Waals surface area contributed by atoms with Crippen LogP contribution in [0.4, 0.5) is 0 Å². The highest BCUT2D eigenvalue weighted by Crippen LogP contribution is 2.36. The van der Waals surface area contributed by atoms with Gasteiger partial charge < -0.3 is 15.5 Å². The molecule has 0 saturated heterocycles. The van der Waals surface area contributed by atoms with E-state index in [1.54, 1.807) is 11.8 Å². The van der Waals surface area contributed by atoms with E-state index in [0.29, 0.717) is 0 Å². The Morgan fingerprint density at radius 3 is 3.00 bits per heavy atom. The number of aliphatic hydroxyl groups is 2. The van der Waals surface area contributed by atoms with Crippen LogP contribution in [0.2, 0.25) is 0 Å². The molecule has 3 N–H and O–H groups in total. The molecule has 0 aliphatic carbocycles. The molecule has 5 heteroatoms. The second-order valence-corrected chi connectivity index (χ2v) is 5.24. The number of aliphatic hydroxyl groups excluding tert-OH is 2. The maximum atomic E-state index is 11.8. The van der Waals surface area contributed by atoms with Crippen molar-refractivity contribution in [3.63, 3.8) is 0 Å². The number of carbonyl (C=O) groups is 1. The van der Waals surface area contributed by atoms with E-state index in [1.807, 2.05) is 24.3 Å². The molecule has 0 radical (unpaired) electrons. The summed E-state index contributed by atoms with van der Waals surface area (Å²) in [6, 6.07) is 7.96. The number of thioether (sulfide) groups is 1. The molecule has 1 aromatic carbocycles. The van der Waals surface area contributed by atoms with Crippen molar-refractivity contribution in [3.05, 3.63) is 29.8 Å². The molecule has 1 heterocycles. The van der Waals surface area contributed by atoms with Gasteiger partial charge in [-0.2, -0.15) is 0 Å². The lowest BCUT2D eigenvalue weighted by molar-refractivity contribution is -0.121. The van der Waals surface area contributed by atoms with Gasteiger partial charge in [-0.3, -0.25) is 4.79 Å². The van der Waals surface area contributed by atoms with Crippen LogP contribution >= 0.6 is 11.8 Å². The normalized spacial score (nSPS) is 19.8. The summed E-state index contributed by atoms with van der Waals surface area (Å²) in [5, 5.41) is 20.3. The lowest BCUT2D eigenvalue weighted by Crippen LogP contribution is -2.38. The molecule has 0 aromatic heterocycles. The lowest BCUT2D eigenvalue weighted by Gasteiger charge is -2.12. The summed E-state index contributed by atoms with van der Waals surface area (Å²) in [6.45, 7) is -0.235. The lowest BCUT2D eigenvalue weighted by atomic mass is 10.1. The van der Waals surface area contributed by atoms with E-state index in [0.717, 1.165) is 11.3 Å². The van der Waals surface area contributed by atoms with Crippen LogP contribution in [0.25, 0.3) is 0 Å².